The molecule has 1 atom stereocenters. The lowest BCUT2D eigenvalue weighted by molar-refractivity contribution is 0.430. The van der Waals surface area contributed by atoms with E-state index >= 15 is 0 Å². The van der Waals surface area contributed by atoms with Gasteiger partial charge in [-0.15, -0.1) is 10.2 Å². The standard InChI is InChI=1S/C11H16BrN3S/c12-10-13-14-11(16-10)15-7-3-6-9(15)8-4-1-2-5-8/h8-9H,1-7H2. The van der Waals surface area contributed by atoms with E-state index in [1.165, 1.54) is 45.1 Å². The Morgan fingerprint density at radius 3 is 2.62 bits per heavy atom. The van der Waals surface area contributed by atoms with Crippen LogP contribution in [0.25, 0.3) is 0 Å². The average molecular weight is 302 g/mol. The van der Waals surface area contributed by atoms with Crippen LogP contribution in [0.2, 0.25) is 0 Å². The van der Waals surface area contributed by atoms with Gasteiger partial charge in [0, 0.05) is 12.6 Å². The van der Waals surface area contributed by atoms with Crippen LogP contribution in [-0.4, -0.2) is 22.8 Å². The molecule has 1 aliphatic heterocycles. The molecule has 1 saturated carbocycles. The first-order chi connectivity index (χ1) is 7.84. The van der Waals surface area contributed by atoms with Gasteiger partial charge in [0.05, 0.1) is 0 Å². The third-order valence-corrected chi connectivity index (χ3v) is 5.27. The molecule has 2 heterocycles. The van der Waals surface area contributed by atoms with Crippen molar-refractivity contribution in [3.8, 4) is 0 Å². The zero-order valence-electron chi connectivity index (χ0n) is 9.23. The van der Waals surface area contributed by atoms with E-state index in [4.69, 9.17) is 0 Å². The van der Waals surface area contributed by atoms with Gasteiger partial charge >= 0.3 is 0 Å². The number of halogens is 1. The van der Waals surface area contributed by atoms with E-state index in [-0.39, 0.29) is 0 Å². The Bertz CT molecular complexity index is 362. The summed E-state index contributed by atoms with van der Waals surface area (Å²) in [5.41, 5.74) is 0. The van der Waals surface area contributed by atoms with Gasteiger partial charge in [-0.05, 0) is 47.5 Å². The first kappa shape index (κ1) is 11.0. The first-order valence-electron chi connectivity index (χ1n) is 6.10. The minimum Gasteiger partial charge on any atom is -0.343 e. The predicted octanol–water partition coefficient (Wildman–Crippen LogP) is 3.46. The van der Waals surface area contributed by atoms with E-state index in [9.17, 15) is 0 Å². The molecule has 0 amide bonds. The summed E-state index contributed by atoms with van der Waals surface area (Å²) in [6, 6.07) is 0.738. The number of anilines is 1. The van der Waals surface area contributed by atoms with Crippen LogP contribution in [-0.2, 0) is 0 Å². The molecule has 16 heavy (non-hydrogen) atoms. The molecule has 1 aromatic heterocycles. The van der Waals surface area contributed by atoms with Crippen molar-refractivity contribution in [2.45, 2.75) is 44.6 Å². The molecular weight excluding hydrogens is 286 g/mol. The van der Waals surface area contributed by atoms with E-state index in [1.807, 2.05) is 0 Å². The lowest BCUT2D eigenvalue weighted by Crippen LogP contribution is -2.34. The average Bonchev–Trinajstić information content (AvgIpc) is 2.96. The lowest BCUT2D eigenvalue weighted by atomic mass is 9.96. The van der Waals surface area contributed by atoms with Crippen LogP contribution in [0.15, 0.2) is 3.92 Å². The molecule has 1 saturated heterocycles. The van der Waals surface area contributed by atoms with E-state index in [0.717, 1.165) is 21.0 Å². The van der Waals surface area contributed by atoms with Gasteiger partial charge in [-0.2, -0.15) is 0 Å². The highest BCUT2D eigenvalue weighted by Gasteiger charge is 2.34. The number of rotatable bonds is 2. The normalized spacial score (nSPS) is 26.8. The maximum Gasteiger partial charge on any atom is 0.209 e. The SMILES string of the molecule is Brc1nnc(N2CCCC2C2CCCC2)s1. The van der Waals surface area contributed by atoms with E-state index in [0.29, 0.717) is 0 Å². The maximum atomic E-state index is 4.27. The molecule has 0 aromatic carbocycles. The van der Waals surface area contributed by atoms with Gasteiger partial charge in [0.2, 0.25) is 5.13 Å². The highest BCUT2D eigenvalue weighted by molar-refractivity contribution is 9.11. The largest absolute Gasteiger partial charge is 0.343 e. The quantitative estimate of drug-likeness (QED) is 0.838. The fraction of sp³-hybridized carbons (Fsp3) is 0.818. The molecule has 2 fully saturated rings. The lowest BCUT2D eigenvalue weighted by Gasteiger charge is -2.28. The van der Waals surface area contributed by atoms with Crippen LogP contribution in [0, 0.1) is 5.92 Å². The third-order valence-electron chi connectivity index (χ3n) is 3.88. The Labute approximate surface area is 108 Å². The third kappa shape index (κ3) is 1.99. The Morgan fingerprint density at radius 2 is 1.94 bits per heavy atom. The van der Waals surface area contributed by atoms with Crippen molar-refractivity contribution in [3.05, 3.63) is 3.92 Å². The van der Waals surface area contributed by atoms with Crippen molar-refractivity contribution in [1.29, 1.82) is 0 Å². The van der Waals surface area contributed by atoms with Crippen molar-refractivity contribution in [1.82, 2.24) is 10.2 Å². The number of hydrogen-bond acceptors (Lipinski definition) is 4. The summed E-state index contributed by atoms with van der Waals surface area (Å²) in [5, 5.41) is 9.45. The summed E-state index contributed by atoms with van der Waals surface area (Å²) in [7, 11) is 0. The molecule has 88 valence electrons. The Morgan fingerprint density at radius 1 is 1.12 bits per heavy atom. The summed E-state index contributed by atoms with van der Waals surface area (Å²) < 4.78 is 0.902. The van der Waals surface area contributed by atoms with Crippen molar-refractivity contribution in [3.63, 3.8) is 0 Å². The van der Waals surface area contributed by atoms with E-state index < -0.39 is 0 Å². The highest BCUT2D eigenvalue weighted by Crippen LogP contribution is 2.38. The second kappa shape index (κ2) is 4.61. The van der Waals surface area contributed by atoms with Gasteiger partial charge in [-0.1, -0.05) is 24.2 Å². The molecule has 0 spiro atoms. The zero-order chi connectivity index (χ0) is 11.0. The molecule has 3 rings (SSSR count). The van der Waals surface area contributed by atoms with Crippen LogP contribution >= 0.6 is 27.3 Å². The Hall–Kier alpha value is -0.160. The van der Waals surface area contributed by atoms with Gasteiger partial charge in [0.25, 0.3) is 0 Å². The van der Waals surface area contributed by atoms with E-state index in [2.05, 4.69) is 31.0 Å². The molecule has 0 N–H and O–H groups in total. The smallest absolute Gasteiger partial charge is 0.209 e. The highest BCUT2D eigenvalue weighted by atomic mass is 79.9. The zero-order valence-corrected chi connectivity index (χ0v) is 11.6. The second-order valence-corrected chi connectivity index (χ2v) is 7.02. The molecule has 5 heteroatoms. The predicted molar refractivity (Wildman–Crippen MR) is 69.9 cm³/mol. The summed E-state index contributed by atoms with van der Waals surface area (Å²) in [4.78, 5) is 2.50. The Balaban J connectivity index is 1.78. The van der Waals surface area contributed by atoms with Gasteiger partial charge in [-0.3, -0.25) is 0 Å². The molecule has 1 aromatic rings. The molecule has 2 aliphatic rings. The van der Waals surface area contributed by atoms with Crippen LogP contribution in [0.5, 0.6) is 0 Å². The minimum absolute atomic E-state index is 0.738. The molecular formula is C11H16BrN3S. The van der Waals surface area contributed by atoms with Crippen LogP contribution in [0.3, 0.4) is 0 Å². The topological polar surface area (TPSA) is 29.0 Å². The fourth-order valence-corrected chi connectivity index (χ4v) is 4.35. The number of nitrogens with zero attached hydrogens (tertiary/aromatic N) is 3. The summed E-state index contributed by atoms with van der Waals surface area (Å²) in [6.45, 7) is 1.17. The number of aromatic nitrogens is 2. The summed E-state index contributed by atoms with van der Waals surface area (Å²) in [5.74, 6) is 0.908. The van der Waals surface area contributed by atoms with Crippen molar-refractivity contribution in [2.75, 3.05) is 11.4 Å². The second-order valence-electron chi connectivity index (χ2n) is 4.79. The van der Waals surface area contributed by atoms with Crippen molar-refractivity contribution >= 4 is 32.4 Å². The first-order valence-corrected chi connectivity index (χ1v) is 7.71. The molecule has 1 unspecified atom stereocenters. The number of hydrogen-bond donors (Lipinski definition) is 0. The molecule has 1 aliphatic carbocycles. The molecule has 3 nitrogen and oxygen atoms in total. The van der Waals surface area contributed by atoms with Gasteiger partial charge in [0.15, 0.2) is 3.92 Å². The fourth-order valence-electron chi connectivity index (χ4n) is 3.18. The van der Waals surface area contributed by atoms with E-state index in [1.54, 1.807) is 11.3 Å². The van der Waals surface area contributed by atoms with Crippen molar-refractivity contribution < 1.29 is 0 Å². The summed E-state index contributed by atoms with van der Waals surface area (Å²) >= 11 is 5.07. The Kier molecular flexibility index (Phi) is 3.16. The van der Waals surface area contributed by atoms with Gasteiger partial charge in [-0.25, -0.2) is 0 Å². The van der Waals surface area contributed by atoms with Crippen LogP contribution < -0.4 is 4.90 Å². The van der Waals surface area contributed by atoms with Crippen LogP contribution in [0.1, 0.15) is 38.5 Å². The molecule has 0 bridgehead atoms. The van der Waals surface area contributed by atoms with Gasteiger partial charge < -0.3 is 4.90 Å². The van der Waals surface area contributed by atoms with Crippen LogP contribution in [0.4, 0.5) is 5.13 Å². The summed E-state index contributed by atoms with van der Waals surface area (Å²) in [6.07, 6.45) is 8.35. The maximum absolute atomic E-state index is 4.27. The van der Waals surface area contributed by atoms with Crippen molar-refractivity contribution in [2.24, 2.45) is 5.92 Å². The minimum atomic E-state index is 0.738. The molecule has 0 radical (unpaired) electrons. The monoisotopic (exact) mass is 301 g/mol. The van der Waals surface area contributed by atoms with Gasteiger partial charge in [0.1, 0.15) is 0 Å².